The molecule has 0 fully saturated rings. The number of hydrogen-bond acceptors (Lipinski definition) is 2. The van der Waals surface area contributed by atoms with Gasteiger partial charge in [-0.1, -0.05) is 13.0 Å². The predicted octanol–water partition coefficient (Wildman–Crippen LogP) is 2.52. The van der Waals surface area contributed by atoms with Gasteiger partial charge < -0.3 is 10.1 Å². The first-order valence-electron chi connectivity index (χ1n) is 5.23. The third kappa shape index (κ3) is 3.52. The maximum atomic E-state index is 10.4. The van der Waals surface area contributed by atoms with E-state index in [1.54, 1.807) is 7.11 Å². The highest BCUT2D eigenvalue weighted by atomic mass is 79.9. The summed E-state index contributed by atoms with van der Waals surface area (Å²) in [7, 11) is 1.64. The number of methoxy groups -OCH3 is 1. The molecule has 0 aliphatic carbocycles. The van der Waals surface area contributed by atoms with Crippen molar-refractivity contribution in [1.29, 1.82) is 0 Å². The van der Waals surface area contributed by atoms with Gasteiger partial charge in [0.15, 0.2) is 0 Å². The number of carbonyl (C=O) groups is 1. The van der Waals surface area contributed by atoms with Crippen molar-refractivity contribution in [2.45, 2.75) is 25.8 Å². The fourth-order valence-electron chi connectivity index (χ4n) is 1.54. The lowest BCUT2D eigenvalue weighted by atomic mass is 10.0. The highest BCUT2D eigenvalue weighted by Crippen LogP contribution is 2.26. The zero-order valence-electron chi connectivity index (χ0n) is 9.50. The second-order valence-corrected chi connectivity index (χ2v) is 4.42. The lowest BCUT2D eigenvalue weighted by Gasteiger charge is -2.14. The van der Waals surface area contributed by atoms with Crippen LogP contribution in [0.1, 0.15) is 18.9 Å². The van der Waals surface area contributed by atoms with Gasteiger partial charge in [-0.25, -0.2) is 0 Å². The summed E-state index contributed by atoms with van der Waals surface area (Å²) in [6.07, 6.45) is 2.51. The SMILES string of the molecule is CC[C@@H](Cc1ccc(OC)c(Br)c1)NC=O. The molecular formula is C12H16BrNO2. The van der Waals surface area contributed by atoms with Crippen LogP contribution in [-0.2, 0) is 11.2 Å². The molecule has 0 heterocycles. The van der Waals surface area contributed by atoms with Gasteiger partial charge in [-0.2, -0.15) is 0 Å². The first kappa shape index (κ1) is 13.0. The Bertz CT molecular complexity index is 355. The number of nitrogens with one attached hydrogen (secondary N) is 1. The van der Waals surface area contributed by atoms with E-state index < -0.39 is 0 Å². The van der Waals surface area contributed by atoms with Crippen LogP contribution in [-0.4, -0.2) is 19.6 Å². The number of benzene rings is 1. The van der Waals surface area contributed by atoms with Crippen LogP contribution < -0.4 is 10.1 Å². The van der Waals surface area contributed by atoms with E-state index in [0.29, 0.717) is 0 Å². The van der Waals surface area contributed by atoms with Crippen molar-refractivity contribution < 1.29 is 9.53 Å². The maximum absolute atomic E-state index is 10.4. The third-order valence-corrected chi connectivity index (χ3v) is 3.11. The molecular weight excluding hydrogens is 270 g/mol. The van der Waals surface area contributed by atoms with E-state index >= 15 is 0 Å². The number of carbonyl (C=O) groups excluding carboxylic acids is 1. The van der Waals surface area contributed by atoms with Crippen molar-refractivity contribution in [2.75, 3.05) is 7.11 Å². The predicted molar refractivity (Wildman–Crippen MR) is 67.7 cm³/mol. The molecule has 0 saturated carbocycles. The van der Waals surface area contributed by atoms with Gasteiger partial charge in [0.1, 0.15) is 5.75 Å². The van der Waals surface area contributed by atoms with Crippen LogP contribution in [0, 0.1) is 0 Å². The Hall–Kier alpha value is -1.03. The minimum atomic E-state index is 0.192. The molecule has 1 aromatic carbocycles. The largest absolute Gasteiger partial charge is 0.496 e. The quantitative estimate of drug-likeness (QED) is 0.816. The minimum absolute atomic E-state index is 0.192. The van der Waals surface area contributed by atoms with E-state index in [2.05, 4.69) is 28.2 Å². The first-order valence-corrected chi connectivity index (χ1v) is 6.02. The zero-order valence-corrected chi connectivity index (χ0v) is 11.1. The molecule has 1 rings (SSSR count). The summed E-state index contributed by atoms with van der Waals surface area (Å²) < 4.78 is 6.10. The Morgan fingerprint density at radius 1 is 1.56 bits per heavy atom. The van der Waals surface area contributed by atoms with Crippen molar-refractivity contribution in [3.05, 3.63) is 28.2 Å². The molecule has 1 aromatic rings. The molecule has 1 atom stereocenters. The summed E-state index contributed by atoms with van der Waals surface area (Å²) in [6.45, 7) is 2.06. The molecule has 1 amide bonds. The van der Waals surface area contributed by atoms with Gasteiger partial charge in [-0.05, 0) is 46.5 Å². The van der Waals surface area contributed by atoms with Gasteiger partial charge in [-0.15, -0.1) is 0 Å². The molecule has 0 aliphatic heterocycles. The van der Waals surface area contributed by atoms with Crippen molar-refractivity contribution >= 4 is 22.3 Å². The minimum Gasteiger partial charge on any atom is -0.496 e. The number of hydrogen-bond donors (Lipinski definition) is 1. The zero-order chi connectivity index (χ0) is 12.0. The first-order chi connectivity index (χ1) is 7.71. The number of rotatable bonds is 6. The van der Waals surface area contributed by atoms with E-state index in [9.17, 15) is 4.79 Å². The second kappa shape index (κ2) is 6.53. The van der Waals surface area contributed by atoms with Gasteiger partial charge in [-0.3, -0.25) is 4.79 Å². The normalized spacial score (nSPS) is 11.9. The summed E-state index contributed by atoms with van der Waals surface area (Å²) in [5, 5.41) is 2.80. The van der Waals surface area contributed by atoms with Crippen LogP contribution >= 0.6 is 15.9 Å². The average Bonchev–Trinajstić information content (AvgIpc) is 2.28. The smallest absolute Gasteiger partial charge is 0.207 e. The van der Waals surface area contributed by atoms with E-state index in [1.807, 2.05) is 18.2 Å². The van der Waals surface area contributed by atoms with Crippen molar-refractivity contribution in [1.82, 2.24) is 5.32 Å². The molecule has 4 heteroatoms. The molecule has 0 aliphatic rings. The lowest BCUT2D eigenvalue weighted by molar-refractivity contribution is -0.110. The fraction of sp³-hybridized carbons (Fsp3) is 0.417. The van der Waals surface area contributed by atoms with E-state index in [1.165, 1.54) is 5.56 Å². The number of ether oxygens (including phenoxy) is 1. The molecule has 0 spiro atoms. The van der Waals surface area contributed by atoms with Crippen LogP contribution in [0.4, 0.5) is 0 Å². The standard InChI is InChI=1S/C12H16BrNO2/c1-3-10(14-8-15)6-9-4-5-12(16-2)11(13)7-9/h4-5,7-8,10H,3,6H2,1-2H3,(H,14,15)/t10-/m0/s1. The van der Waals surface area contributed by atoms with Gasteiger partial charge in [0, 0.05) is 6.04 Å². The van der Waals surface area contributed by atoms with Crippen LogP contribution in [0.2, 0.25) is 0 Å². The summed E-state index contributed by atoms with van der Waals surface area (Å²) in [6, 6.07) is 6.15. The Kier molecular flexibility index (Phi) is 5.32. The van der Waals surface area contributed by atoms with E-state index in [4.69, 9.17) is 4.74 Å². The van der Waals surface area contributed by atoms with Gasteiger partial charge in [0.25, 0.3) is 0 Å². The Morgan fingerprint density at radius 2 is 2.31 bits per heavy atom. The molecule has 88 valence electrons. The summed E-state index contributed by atoms with van der Waals surface area (Å²) in [5.41, 5.74) is 1.17. The van der Waals surface area contributed by atoms with Gasteiger partial charge in [0.2, 0.25) is 6.41 Å². The highest BCUT2D eigenvalue weighted by Gasteiger charge is 2.07. The van der Waals surface area contributed by atoms with Gasteiger partial charge in [0.05, 0.1) is 11.6 Å². The second-order valence-electron chi connectivity index (χ2n) is 3.56. The van der Waals surface area contributed by atoms with Crippen LogP contribution in [0.3, 0.4) is 0 Å². The molecule has 0 unspecified atom stereocenters. The summed E-state index contributed by atoms with van der Waals surface area (Å²) in [4.78, 5) is 10.4. The molecule has 3 nitrogen and oxygen atoms in total. The molecule has 0 bridgehead atoms. The van der Waals surface area contributed by atoms with Crippen LogP contribution in [0.15, 0.2) is 22.7 Å². The van der Waals surface area contributed by atoms with Crippen molar-refractivity contribution in [2.24, 2.45) is 0 Å². The fourth-order valence-corrected chi connectivity index (χ4v) is 2.13. The third-order valence-electron chi connectivity index (χ3n) is 2.49. The Labute approximate surface area is 104 Å². The monoisotopic (exact) mass is 285 g/mol. The molecule has 1 N–H and O–H groups in total. The van der Waals surface area contributed by atoms with Crippen molar-refractivity contribution in [3.63, 3.8) is 0 Å². The number of amides is 1. The van der Waals surface area contributed by atoms with E-state index in [-0.39, 0.29) is 6.04 Å². The Balaban J connectivity index is 2.73. The molecule has 0 radical (unpaired) electrons. The number of halogens is 1. The topological polar surface area (TPSA) is 38.3 Å². The average molecular weight is 286 g/mol. The van der Waals surface area contributed by atoms with Gasteiger partial charge >= 0.3 is 0 Å². The highest BCUT2D eigenvalue weighted by molar-refractivity contribution is 9.10. The molecule has 0 saturated heterocycles. The summed E-state index contributed by atoms with van der Waals surface area (Å²) >= 11 is 3.44. The summed E-state index contributed by atoms with van der Waals surface area (Å²) in [5.74, 6) is 0.820. The molecule has 16 heavy (non-hydrogen) atoms. The Morgan fingerprint density at radius 3 is 2.81 bits per heavy atom. The van der Waals surface area contributed by atoms with E-state index in [0.717, 1.165) is 29.5 Å². The van der Waals surface area contributed by atoms with Crippen molar-refractivity contribution in [3.8, 4) is 5.75 Å². The van der Waals surface area contributed by atoms with Crippen LogP contribution in [0.5, 0.6) is 5.75 Å². The lowest BCUT2D eigenvalue weighted by Crippen LogP contribution is -2.29. The van der Waals surface area contributed by atoms with Crippen LogP contribution in [0.25, 0.3) is 0 Å². The molecule has 0 aromatic heterocycles. The maximum Gasteiger partial charge on any atom is 0.207 e.